The third kappa shape index (κ3) is 2.07. The van der Waals surface area contributed by atoms with Crippen molar-refractivity contribution < 1.29 is 4.79 Å². The molecule has 0 aromatic heterocycles. The van der Waals surface area contributed by atoms with Gasteiger partial charge in [-0.3, -0.25) is 4.79 Å². The fraction of sp³-hybridized carbons (Fsp3) is 0.900. The SMILES string of the molecule is CNC(C(=O)N1CCNCC1)C1CC1. The highest BCUT2D eigenvalue weighted by Crippen LogP contribution is 2.33. The minimum atomic E-state index is 0.0769. The van der Waals surface area contributed by atoms with Gasteiger partial charge in [-0.05, 0) is 25.8 Å². The zero-order chi connectivity index (χ0) is 9.97. The van der Waals surface area contributed by atoms with E-state index in [2.05, 4.69) is 10.6 Å². The Morgan fingerprint density at radius 3 is 2.57 bits per heavy atom. The second kappa shape index (κ2) is 4.28. The van der Waals surface area contributed by atoms with E-state index in [1.807, 2.05) is 11.9 Å². The number of nitrogens with one attached hydrogen (secondary N) is 2. The predicted octanol–water partition coefficient (Wildman–Crippen LogP) is -0.584. The number of hydrogen-bond acceptors (Lipinski definition) is 3. The molecule has 0 radical (unpaired) electrons. The van der Waals surface area contributed by atoms with Crippen LogP contribution in [-0.2, 0) is 4.79 Å². The van der Waals surface area contributed by atoms with Crippen LogP contribution in [0.2, 0.25) is 0 Å². The minimum absolute atomic E-state index is 0.0769. The monoisotopic (exact) mass is 197 g/mol. The Morgan fingerprint density at radius 1 is 1.43 bits per heavy atom. The lowest BCUT2D eigenvalue weighted by Gasteiger charge is -2.30. The summed E-state index contributed by atoms with van der Waals surface area (Å²) in [5, 5.41) is 6.41. The van der Waals surface area contributed by atoms with E-state index in [1.54, 1.807) is 0 Å². The first-order valence-corrected chi connectivity index (χ1v) is 5.49. The largest absolute Gasteiger partial charge is 0.339 e. The lowest BCUT2D eigenvalue weighted by atomic mass is 10.1. The molecule has 0 aromatic carbocycles. The summed E-state index contributed by atoms with van der Waals surface area (Å²) in [6, 6.07) is 0.0769. The van der Waals surface area contributed by atoms with Gasteiger partial charge in [-0.25, -0.2) is 0 Å². The summed E-state index contributed by atoms with van der Waals surface area (Å²) in [5.74, 6) is 0.902. The van der Waals surface area contributed by atoms with Crippen LogP contribution in [0.25, 0.3) is 0 Å². The van der Waals surface area contributed by atoms with Gasteiger partial charge in [0.05, 0.1) is 6.04 Å². The minimum Gasteiger partial charge on any atom is -0.339 e. The zero-order valence-corrected chi connectivity index (χ0v) is 8.75. The van der Waals surface area contributed by atoms with Crippen LogP contribution in [0.4, 0.5) is 0 Å². The van der Waals surface area contributed by atoms with Gasteiger partial charge in [-0.2, -0.15) is 0 Å². The van der Waals surface area contributed by atoms with Gasteiger partial charge in [-0.15, -0.1) is 0 Å². The van der Waals surface area contributed by atoms with Crippen molar-refractivity contribution in [3.63, 3.8) is 0 Å². The van der Waals surface area contributed by atoms with Crippen LogP contribution in [0.3, 0.4) is 0 Å². The maximum Gasteiger partial charge on any atom is 0.240 e. The summed E-state index contributed by atoms with van der Waals surface area (Å²) in [7, 11) is 1.89. The predicted molar refractivity (Wildman–Crippen MR) is 55.0 cm³/mol. The van der Waals surface area contributed by atoms with Crippen molar-refractivity contribution in [1.29, 1.82) is 0 Å². The first kappa shape index (κ1) is 9.93. The molecule has 2 N–H and O–H groups in total. The smallest absolute Gasteiger partial charge is 0.240 e. The normalized spacial score (nSPS) is 24.8. The molecule has 0 spiro atoms. The number of hydrogen-bond donors (Lipinski definition) is 2. The van der Waals surface area contributed by atoms with E-state index in [1.165, 1.54) is 12.8 Å². The number of likely N-dealkylation sites (N-methyl/N-ethyl adjacent to an activating group) is 1. The molecule has 1 heterocycles. The summed E-state index contributed by atoms with van der Waals surface area (Å²) in [4.78, 5) is 14.0. The third-order valence-electron chi connectivity index (χ3n) is 3.10. The fourth-order valence-corrected chi connectivity index (χ4v) is 2.07. The molecular weight excluding hydrogens is 178 g/mol. The summed E-state index contributed by atoms with van der Waals surface area (Å²) in [5.41, 5.74) is 0. The van der Waals surface area contributed by atoms with Crippen molar-refractivity contribution in [1.82, 2.24) is 15.5 Å². The molecule has 4 heteroatoms. The molecule has 14 heavy (non-hydrogen) atoms. The average molecular weight is 197 g/mol. The maximum absolute atomic E-state index is 12.0. The molecule has 4 nitrogen and oxygen atoms in total. The van der Waals surface area contributed by atoms with E-state index in [4.69, 9.17) is 0 Å². The van der Waals surface area contributed by atoms with Gasteiger partial charge >= 0.3 is 0 Å². The van der Waals surface area contributed by atoms with Crippen molar-refractivity contribution in [2.24, 2.45) is 5.92 Å². The van der Waals surface area contributed by atoms with Crippen LogP contribution >= 0.6 is 0 Å². The van der Waals surface area contributed by atoms with Crippen molar-refractivity contribution >= 4 is 5.91 Å². The molecule has 1 saturated carbocycles. The molecule has 2 fully saturated rings. The Morgan fingerprint density at radius 2 is 2.07 bits per heavy atom. The molecule has 1 atom stereocenters. The van der Waals surface area contributed by atoms with Crippen LogP contribution < -0.4 is 10.6 Å². The topological polar surface area (TPSA) is 44.4 Å². The zero-order valence-electron chi connectivity index (χ0n) is 8.75. The summed E-state index contributed by atoms with van der Waals surface area (Å²) < 4.78 is 0. The number of nitrogens with zero attached hydrogens (tertiary/aromatic N) is 1. The summed E-state index contributed by atoms with van der Waals surface area (Å²) in [6.07, 6.45) is 2.42. The molecule has 2 rings (SSSR count). The van der Waals surface area contributed by atoms with Crippen LogP contribution in [0.1, 0.15) is 12.8 Å². The highest BCUT2D eigenvalue weighted by Gasteiger charge is 2.37. The molecule has 1 saturated heterocycles. The van der Waals surface area contributed by atoms with Gasteiger partial charge in [0, 0.05) is 26.2 Å². The summed E-state index contributed by atoms with van der Waals surface area (Å²) in [6.45, 7) is 3.60. The first-order valence-electron chi connectivity index (χ1n) is 5.49. The van der Waals surface area contributed by atoms with Crippen LogP contribution in [0.15, 0.2) is 0 Å². The molecule has 2 aliphatic rings. The Kier molecular flexibility index (Phi) is 3.03. The second-order valence-electron chi connectivity index (χ2n) is 4.18. The van der Waals surface area contributed by atoms with E-state index in [0.29, 0.717) is 11.8 Å². The van der Waals surface area contributed by atoms with Gasteiger partial charge in [0.25, 0.3) is 0 Å². The number of piperazine rings is 1. The van der Waals surface area contributed by atoms with Crippen LogP contribution in [0.5, 0.6) is 0 Å². The summed E-state index contributed by atoms with van der Waals surface area (Å²) >= 11 is 0. The first-order chi connectivity index (χ1) is 6.83. The van der Waals surface area contributed by atoms with Gasteiger partial charge in [-0.1, -0.05) is 0 Å². The Bertz CT molecular complexity index is 209. The number of carbonyl (C=O) groups is 1. The third-order valence-corrected chi connectivity index (χ3v) is 3.10. The lowest BCUT2D eigenvalue weighted by Crippen LogP contribution is -2.53. The van der Waals surface area contributed by atoms with Gasteiger partial charge in [0.2, 0.25) is 5.91 Å². The quantitative estimate of drug-likeness (QED) is 0.636. The highest BCUT2D eigenvalue weighted by molar-refractivity contribution is 5.82. The van der Waals surface area contributed by atoms with Gasteiger partial charge < -0.3 is 15.5 Å². The van der Waals surface area contributed by atoms with Gasteiger partial charge in [0.15, 0.2) is 0 Å². The second-order valence-corrected chi connectivity index (χ2v) is 4.18. The van der Waals surface area contributed by atoms with E-state index in [-0.39, 0.29) is 6.04 Å². The van der Waals surface area contributed by atoms with Crippen molar-refractivity contribution in [3.05, 3.63) is 0 Å². The molecule has 1 aliphatic carbocycles. The van der Waals surface area contributed by atoms with Crippen molar-refractivity contribution in [2.75, 3.05) is 33.2 Å². The van der Waals surface area contributed by atoms with Crippen LogP contribution in [-0.4, -0.2) is 50.1 Å². The van der Waals surface area contributed by atoms with Crippen LogP contribution in [0, 0.1) is 5.92 Å². The number of amides is 1. The number of rotatable bonds is 3. The Hall–Kier alpha value is -0.610. The lowest BCUT2D eigenvalue weighted by molar-refractivity contribution is -0.134. The Labute approximate surface area is 85.0 Å². The van der Waals surface area contributed by atoms with E-state index >= 15 is 0 Å². The van der Waals surface area contributed by atoms with Crippen molar-refractivity contribution in [3.8, 4) is 0 Å². The molecule has 1 amide bonds. The number of carbonyl (C=O) groups excluding carboxylic acids is 1. The molecule has 80 valence electrons. The van der Waals surface area contributed by atoms with E-state index < -0.39 is 0 Å². The van der Waals surface area contributed by atoms with Gasteiger partial charge in [0.1, 0.15) is 0 Å². The molecule has 0 aromatic rings. The van der Waals surface area contributed by atoms with E-state index in [9.17, 15) is 4.79 Å². The molecule has 1 unspecified atom stereocenters. The highest BCUT2D eigenvalue weighted by atomic mass is 16.2. The average Bonchev–Trinajstić information content (AvgIpc) is 3.04. The molecule has 1 aliphatic heterocycles. The standard InChI is InChI=1S/C10H19N3O/c1-11-9(8-2-3-8)10(14)13-6-4-12-5-7-13/h8-9,11-12H,2-7H2,1H3. The Balaban J connectivity index is 1.90. The fourth-order valence-electron chi connectivity index (χ4n) is 2.07. The molecule has 0 bridgehead atoms. The van der Waals surface area contributed by atoms with E-state index in [0.717, 1.165) is 26.2 Å². The van der Waals surface area contributed by atoms with Crippen molar-refractivity contribution in [2.45, 2.75) is 18.9 Å². The molecular formula is C10H19N3O. The maximum atomic E-state index is 12.0.